The monoisotopic (exact) mass is 329 g/mol. The van der Waals surface area contributed by atoms with Crippen molar-refractivity contribution in [2.75, 3.05) is 6.54 Å². The second-order valence-corrected chi connectivity index (χ2v) is 13.3. The maximum absolute atomic E-state index is 12.2. The predicted molar refractivity (Wildman–Crippen MR) is 89.3 cm³/mol. The van der Waals surface area contributed by atoms with E-state index in [-0.39, 0.29) is 17.0 Å². The van der Waals surface area contributed by atoms with Crippen LogP contribution in [0.3, 0.4) is 0 Å². The molecule has 0 aromatic rings. The molecule has 1 heterocycles. The number of imide groups is 1. The largest absolute Gasteiger partial charge is 0.443 e. The van der Waals surface area contributed by atoms with E-state index in [1.54, 1.807) is 20.8 Å². The minimum Gasteiger partial charge on any atom is -0.443 e. The summed E-state index contributed by atoms with van der Waals surface area (Å²) in [7, 11) is -1.92. The van der Waals surface area contributed by atoms with Crippen molar-refractivity contribution >= 4 is 20.3 Å². The summed E-state index contributed by atoms with van der Waals surface area (Å²) in [5.74, 6) is -0.177. The summed E-state index contributed by atoms with van der Waals surface area (Å²) in [6, 6.07) is 0. The molecule has 22 heavy (non-hydrogen) atoms. The fourth-order valence-electron chi connectivity index (χ4n) is 2.00. The van der Waals surface area contributed by atoms with Crippen molar-refractivity contribution in [3.63, 3.8) is 0 Å². The quantitative estimate of drug-likeness (QED) is 0.720. The molecule has 2 amide bonds. The highest BCUT2D eigenvalue weighted by Gasteiger charge is 2.42. The summed E-state index contributed by atoms with van der Waals surface area (Å²) in [6.45, 7) is 16.6. The Morgan fingerprint density at radius 3 is 2.18 bits per heavy atom. The minimum absolute atomic E-state index is 0.0916. The Bertz CT molecular complexity index is 434. The first kappa shape index (κ1) is 19.2. The SMILES string of the molecule is CC(C)(C)OC(=O)N1CC(O[Si](C)(C)C(C)(C)C)CCC1=O. The van der Waals surface area contributed by atoms with Gasteiger partial charge in [0.05, 0.1) is 12.6 Å². The Morgan fingerprint density at radius 1 is 1.18 bits per heavy atom. The fourth-order valence-corrected chi connectivity index (χ4v) is 3.38. The number of likely N-dealkylation sites (tertiary alicyclic amines) is 1. The lowest BCUT2D eigenvalue weighted by Crippen LogP contribution is -2.52. The van der Waals surface area contributed by atoms with Gasteiger partial charge in [0, 0.05) is 6.42 Å². The van der Waals surface area contributed by atoms with Crippen LogP contribution in [0, 0.1) is 0 Å². The third kappa shape index (κ3) is 5.09. The van der Waals surface area contributed by atoms with Gasteiger partial charge in [-0.3, -0.25) is 4.79 Å². The highest BCUT2D eigenvalue weighted by molar-refractivity contribution is 6.74. The van der Waals surface area contributed by atoms with Crippen LogP contribution in [0.15, 0.2) is 0 Å². The fraction of sp³-hybridized carbons (Fsp3) is 0.875. The van der Waals surface area contributed by atoms with Crippen LogP contribution in [-0.2, 0) is 14.0 Å². The Morgan fingerprint density at radius 2 is 1.73 bits per heavy atom. The average molecular weight is 330 g/mol. The molecule has 6 heteroatoms. The number of hydrogen-bond acceptors (Lipinski definition) is 4. The Hall–Kier alpha value is -0.883. The minimum atomic E-state index is -1.92. The van der Waals surface area contributed by atoms with Gasteiger partial charge in [-0.1, -0.05) is 20.8 Å². The number of amides is 2. The van der Waals surface area contributed by atoms with E-state index in [4.69, 9.17) is 9.16 Å². The molecule has 128 valence electrons. The van der Waals surface area contributed by atoms with E-state index < -0.39 is 20.0 Å². The van der Waals surface area contributed by atoms with Crippen molar-refractivity contribution in [3.8, 4) is 0 Å². The van der Waals surface area contributed by atoms with Gasteiger partial charge in [0.25, 0.3) is 0 Å². The summed E-state index contributed by atoms with van der Waals surface area (Å²) in [6.07, 6.45) is 0.343. The second-order valence-electron chi connectivity index (χ2n) is 8.52. The summed E-state index contributed by atoms with van der Waals surface area (Å²) in [5.41, 5.74) is -0.607. The van der Waals surface area contributed by atoms with Gasteiger partial charge in [0.15, 0.2) is 8.32 Å². The lowest BCUT2D eigenvalue weighted by atomic mass is 10.1. The van der Waals surface area contributed by atoms with Crippen molar-refractivity contribution in [2.45, 2.75) is 84.2 Å². The molecule has 0 spiro atoms. The van der Waals surface area contributed by atoms with Crippen molar-refractivity contribution in [2.24, 2.45) is 0 Å². The number of carbonyl (C=O) groups is 2. The van der Waals surface area contributed by atoms with Gasteiger partial charge in [0.2, 0.25) is 5.91 Å². The summed E-state index contributed by atoms with van der Waals surface area (Å²) in [5, 5.41) is 0.102. The standard InChI is InChI=1S/C16H31NO4Si/c1-15(2,3)20-14(19)17-11-12(9-10-13(17)18)21-22(7,8)16(4,5)6/h12H,9-11H2,1-8H3. The van der Waals surface area contributed by atoms with E-state index in [0.717, 1.165) is 0 Å². The first-order chi connectivity index (χ1) is 9.73. The molecule has 0 aromatic heterocycles. The molecule has 0 saturated carbocycles. The average Bonchev–Trinajstić information content (AvgIpc) is 2.27. The predicted octanol–water partition coefficient (Wildman–Crippen LogP) is 3.93. The van der Waals surface area contributed by atoms with Crippen molar-refractivity contribution < 1.29 is 18.8 Å². The zero-order valence-electron chi connectivity index (χ0n) is 15.3. The van der Waals surface area contributed by atoms with Crippen molar-refractivity contribution in [1.29, 1.82) is 0 Å². The maximum Gasteiger partial charge on any atom is 0.417 e. The zero-order chi connectivity index (χ0) is 17.3. The van der Waals surface area contributed by atoms with Gasteiger partial charge in [-0.25, -0.2) is 9.69 Å². The molecule has 1 atom stereocenters. The Kier molecular flexibility index (Phi) is 5.50. The molecular weight excluding hydrogens is 298 g/mol. The molecule has 0 N–H and O–H groups in total. The van der Waals surface area contributed by atoms with Crippen LogP contribution < -0.4 is 0 Å². The van der Waals surface area contributed by atoms with Gasteiger partial charge >= 0.3 is 6.09 Å². The second kappa shape index (κ2) is 6.32. The Balaban J connectivity index is 2.76. The smallest absolute Gasteiger partial charge is 0.417 e. The summed E-state index contributed by atoms with van der Waals surface area (Å²) < 4.78 is 11.7. The number of carbonyl (C=O) groups excluding carboxylic acids is 2. The normalized spacial score (nSPS) is 21.0. The molecule has 1 saturated heterocycles. The lowest BCUT2D eigenvalue weighted by Gasteiger charge is -2.41. The summed E-state index contributed by atoms with van der Waals surface area (Å²) >= 11 is 0. The Labute approximate surface area is 135 Å². The molecule has 1 aliphatic rings. The first-order valence-electron chi connectivity index (χ1n) is 7.94. The molecule has 0 bridgehead atoms. The number of ether oxygens (including phenoxy) is 1. The van der Waals surface area contributed by atoms with Crippen LogP contribution in [0.2, 0.25) is 18.1 Å². The molecular formula is C16H31NO4Si. The van der Waals surface area contributed by atoms with E-state index in [1.807, 2.05) is 0 Å². The van der Waals surface area contributed by atoms with Crippen LogP contribution in [0.5, 0.6) is 0 Å². The van der Waals surface area contributed by atoms with Crippen LogP contribution in [0.25, 0.3) is 0 Å². The number of nitrogens with zero attached hydrogens (tertiary/aromatic N) is 1. The number of hydrogen-bond donors (Lipinski definition) is 0. The van der Waals surface area contributed by atoms with E-state index in [2.05, 4.69) is 33.9 Å². The van der Waals surface area contributed by atoms with Gasteiger partial charge in [-0.05, 0) is 45.3 Å². The number of piperidine rings is 1. The molecule has 5 nitrogen and oxygen atoms in total. The van der Waals surface area contributed by atoms with Crippen LogP contribution in [-0.4, -0.2) is 43.5 Å². The lowest BCUT2D eigenvalue weighted by molar-refractivity contribution is -0.135. The maximum atomic E-state index is 12.2. The van der Waals surface area contributed by atoms with E-state index in [0.29, 0.717) is 19.4 Å². The molecule has 1 fully saturated rings. The van der Waals surface area contributed by atoms with Gasteiger partial charge in [0.1, 0.15) is 5.60 Å². The van der Waals surface area contributed by atoms with Crippen molar-refractivity contribution in [1.82, 2.24) is 4.90 Å². The highest BCUT2D eigenvalue weighted by Crippen LogP contribution is 2.38. The third-order valence-electron chi connectivity index (χ3n) is 4.25. The van der Waals surface area contributed by atoms with E-state index in [1.165, 1.54) is 4.90 Å². The topological polar surface area (TPSA) is 55.8 Å². The zero-order valence-corrected chi connectivity index (χ0v) is 16.3. The third-order valence-corrected chi connectivity index (χ3v) is 8.78. The molecule has 0 aliphatic carbocycles. The van der Waals surface area contributed by atoms with E-state index in [9.17, 15) is 9.59 Å². The molecule has 0 aromatic carbocycles. The van der Waals surface area contributed by atoms with Gasteiger partial charge in [-0.15, -0.1) is 0 Å². The number of rotatable bonds is 2. The molecule has 0 radical (unpaired) electrons. The molecule has 1 unspecified atom stereocenters. The first-order valence-corrected chi connectivity index (χ1v) is 10.8. The molecule has 1 aliphatic heterocycles. The summed E-state index contributed by atoms with van der Waals surface area (Å²) in [4.78, 5) is 25.4. The van der Waals surface area contributed by atoms with E-state index >= 15 is 0 Å². The van der Waals surface area contributed by atoms with Gasteiger partial charge in [-0.2, -0.15) is 0 Å². The van der Waals surface area contributed by atoms with Gasteiger partial charge < -0.3 is 9.16 Å². The van der Waals surface area contributed by atoms with Crippen molar-refractivity contribution in [3.05, 3.63) is 0 Å². The highest BCUT2D eigenvalue weighted by atomic mass is 28.4. The molecule has 1 rings (SSSR count). The van der Waals surface area contributed by atoms with Crippen LogP contribution in [0.1, 0.15) is 54.4 Å². The van der Waals surface area contributed by atoms with Crippen LogP contribution in [0.4, 0.5) is 4.79 Å². The van der Waals surface area contributed by atoms with Crippen LogP contribution >= 0.6 is 0 Å².